The molecule has 3 rings (SSSR count). The smallest absolute Gasteiger partial charge is 0.410 e. The van der Waals surface area contributed by atoms with Crippen LogP contribution in [0.2, 0.25) is 0 Å². The van der Waals surface area contributed by atoms with Crippen LogP contribution in [0.5, 0.6) is 0 Å². The maximum atomic E-state index is 12.1. The zero-order valence-electron chi connectivity index (χ0n) is 17.4. The molecule has 28 heavy (non-hydrogen) atoms. The molecule has 1 aromatic rings. The minimum atomic E-state index is -0.437. The standard InChI is InChI=1S/C22H34N2O4/c1-22(2,3)28-21(25)24-11-9-23(10-12-24)13-14-26-19-15-20(16-19)27-17-18-7-5-4-6-8-18/h4-8,19-20H,9-17H2,1-3H3. The second-order valence-electron chi connectivity index (χ2n) is 8.69. The SMILES string of the molecule is CC(C)(C)OC(=O)N1CCN(CCOC2CC(OCc3ccccc3)C2)CC1. The number of carbonyl (C=O) groups excluding carboxylic acids is 1. The normalized spacial score (nSPS) is 23.3. The highest BCUT2D eigenvalue weighted by Gasteiger charge is 2.31. The number of hydrogen-bond acceptors (Lipinski definition) is 5. The van der Waals surface area contributed by atoms with Gasteiger partial charge in [0.1, 0.15) is 5.60 Å². The highest BCUT2D eigenvalue weighted by molar-refractivity contribution is 5.68. The Morgan fingerprint density at radius 3 is 2.29 bits per heavy atom. The van der Waals surface area contributed by atoms with E-state index in [1.807, 2.05) is 39.0 Å². The fourth-order valence-electron chi connectivity index (χ4n) is 3.41. The largest absolute Gasteiger partial charge is 0.444 e. The molecule has 2 fully saturated rings. The molecule has 0 aromatic heterocycles. The molecule has 1 aliphatic carbocycles. The van der Waals surface area contributed by atoms with Crippen molar-refractivity contribution >= 4 is 6.09 Å². The summed E-state index contributed by atoms with van der Waals surface area (Å²) in [7, 11) is 0. The van der Waals surface area contributed by atoms with E-state index in [4.69, 9.17) is 14.2 Å². The molecule has 6 heteroatoms. The highest BCUT2D eigenvalue weighted by atomic mass is 16.6. The van der Waals surface area contributed by atoms with Crippen LogP contribution in [0.1, 0.15) is 39.2 Å². The number of hydrogen-bond donors (Lipinski definition) is 0. The number of piperazine rings is 1. The molecule has 1 amide bonds. The van der Waals surface area contributed by atoms with E-state index in [0.717, 1.165) is 39.1 Å². The lowest BCUT2D eigenvalue weighted by molar-refractivity contribution is -0.109. The van der Waals surface area contributed by atoms with Crippen molar-refractivity contribution in [3.05, 3.63) is 35.9 Å². The second-order valence-corrected chi connectivity index (χ2v) is 8.69. The van der Waals surface area contributed by atoms with Crippen molar-refractivity contribution in [1.82, 2.24) is 9.80 Å². The summed E-state index contributed by atoms with van der Waals surface area (Å²) in [5.74, 6) is 0. The summed E-state index contributed by atoms with van der Waals surface area (Å²) >= 11 is 0. The number of rotatable bonds is 7. The molecule has 1 aromatic carbocycles. The van der Waals surface area contributed by atoms with E-state index >= 15 is 0 Å². The van der Waals surface area contributed by atoms with E-state index in [1.54, 1.807) is 4.90 Å². The monoisotopic (exact) mass is 390 g/mol. The van der Waals surface area contributed by atoms with Crippen LogP contribution < -0.4 is 0 Å². The van der Waals surface area contributed by atoms with Crippen LogP contribution in [0.15, 0.2) is 30.3 Å². The van der Waals surface area contributed by atoms with Gasteiger partial charge in [-0.05, 0) is 39.2 Å². The fraction of sp³-hybridized carbons (Fsp3) is 0.682. The molecule has 1 saturated carbocycles. The molecule has 0 unspecified atom stereocenters. The van der Waals surface area contributed by atoms with Gasteiger partial charge in [0.15, 0.2) is 0 Å². The maximum absolute atomic E-state index is 12.1. The van der Waals surface area contributed by atoms with Crippen molar-refractivity contribution in [2.45, 2.75) is 58.0 Å². The van der Waals surface area contributed by atoms with Gasteiger partial charge in [0.25, 0.3) is 0 Å². The average Bonchev–Trinajstić information content (AvgIpc) is 2.62. The van der Waals surface area contributed by atoms with Gasteiger partial charge in [-0.25, -0.2) is 4.79 Å². The van der Waals surface area contributed by atoms with Crippen LogP contribution in [0.25, 0.3) is 0 Å². The average molecular weight is 391 g/mol. The topological polar surface area (TPSA) is 51.2 Å². The number of nitrogens with zero attached hydrogens (tertiary/aromatic N) is 2. The van der Waals surface area contributed by atoms with Gasteiger partial charge in [-0.15, -0.1) is 0 Å². The minimum Gasteiger partial charge on any atom is -0.444 e. The van der Waals surface area contributed by atoms with E-state index in [-0.39, 0.29) is 6.09 Å². The Balaban J connectivity index is 1.22. The lowest BCUT2D eigenvalue weighted by atomic mass is 9.92. The Morgan fingerprint density at radius 1 is 1.00 bits per heavy atom. The van der Waals surface area contributed by atoms with Gasteiger partial charge in [0.05, 0.1) is 25.4 Å². The number of amides is 1. The van der Waals surface area contributed by atoms with Gasteiger partial charge in [0, 0.05) is 32.7 Å². The van der Waals surface area contributed by atoms with E-state index in [0.29, 0.717) is 31.9 Å². The Hall–Kier alpha value is -1.63. The summed E-state index contributed by atoms with van der Waals surface area (Å²) < 4.78 is 17.3. The van der Waals surface area contributed by atoms with E-state index < -0.39 is 5.60 Å². The van der Waals surface area contributed by atoms with Crippen LogP contribution >= 0.6 is 0 Å². The predicted molar refractivity (Wildman–Crippen MR) is 108 cm³/mol. The maximum Gasteiger partial charge on any atom is 0.410 e. The highest BCUT2D eigenvalue weighted by Crippen LogP contribution is 2.27. The molecule has 2 aliphatic rings. The van der Waals surface area contributed by atoms with Crippen molar-refractivity contribution in [2.75, 3.05) is 39.3 Å². The predicted octanol–water partition coefficient (Wildman–Crippen LogP) is 3.30. The van der Waals surface area contributed by atoms with Crippen molar-refractivity contribution in [3.8, 4) is 0 Å². The molecule has 156 valence electrons. The molecule has 1 heterocycles. The van der Waals surface area contributed by atoms with E-state index in [1.165, 1.54) is 5.56 Å². The zero-order valence-corrected chi connectivity index (χ0v) is 17.4. The number of benzene rings is 1. The van der Waals surface area contributed by atoms with E-state index in [9.17, 15) is 4.79 Å². The fourth-order valence-corrected chi connectivity index (χ4v) is 3.41. The molecule has 0 radical (unpaired) electrons. The third-order valence-electron chi connectivity index (χ3n) is 5.17. The summed E-state index contributed by atoms with van der Waals surface area (Å²) in [6.45, 7) is 11.2. The zero-order chi connectivity index (χ0) is 20.0. The summed E-state index contributed by atoms with van der Waals surface area (Å²) in [5, 5.41) is 0. The molecule has 0 bridgehead atoms. The first kappa shape index (κ1) is 21.1. The molecular weight excluding hydrogens is 356 g/mol. The Bertz CT molecular complexity index is 603. The van der Waals surface area contributed by atoms with E-state index in [2.05, 4.69) is 17.0 Å². The molecular formula is C22H34N2O4. The molecule has 1 aliphatic heterocycles. The van der Waals surface area contributed by atoms with Crippen LogP contribution in [0.3, 0.4) is 0 Å². The lowest BCUT2D eigenvalue weighted by Crippen LogP contribution is -2.50. The van der Waals surface area contributed by atoms with Crippen molar-refractivity contribution in [2.24, 2.45) is 0 Å². The van der Waals surface area contributed by atoms with Gasteiger partial charge in [-0.2, -0.15) is 0 Å². The van der Waals surface area contributed by atoms with Gasteiger partial charge >= 0.3 is 6.09 Å². The molecule has 0 N–H and O–H groups in total. The summed E-state index contributed by atoms with van der Waals surface area (Å²) in [4.78, 5) is 16.2. The van der Waals surface area contributed by atoms with Gasteiger partial charge in [-0.3, -0.25) is 4.90 Å². The third-order valence-corrected chi connectivity index (χ3v) is 5.17. The number of carbonyl (C=O) groups is 1. The Kier molecular flexibility index (Phi) is 7.32. The van der Waals surface area contributed by atoms with Crippen LogP contribution in [0, 0.1) is 0 Å². The second kappa shape index (κ2) is 9.72. The van der Waals surface area contributed by atoms with Gasteiger partial charge < -0.3 is 19.1 Å². The third kappa shape index (κ3) is 6.76. The quantitative estimate of drug-likeness (QED) is 0.715. The minimum absolute atomic E-state index is 0.209. The molecule has 0 atom stereocenters. The van der Waals surface area contributed by atoms with Crippen LogP contribution in [-0.2, 0) is 20.8 Å². The first-order valence-corrected chi connectivity index (χ1v) is 10.4. The van der Waals surface area contributed by atoms with Crippen molar-refractivity contribution in [3.63, 3.8) is 0 Å². The van der Waals surface area contributed by atoms with Crippen molar-refractivity contribution < 1.29 is 19.0 Å². The van der Waals surface area contributed by atoms with Gasteiger partial charge in [-0.1, -0.05) is 30.3 Å². The Labute approximate surface area is 168 Å². The summed E-state index contributed by atoms with van der Waals surface area (Å²) in [5.41, 5.74) is 0.783. The molecule has 6 nitrogen and oxygen atoms in total. The first-order valence-electron chi connectivity index (χ1n) is 10.4. The summed E-state index contributed by atoms with van der Waals surface area (Å²) in [6, 6.07) is 10.3. The van der Waals surface area contributed by atoms with Crippen LogP contribution in [0.4, 0.5) is 4.79 Å². The van der Waals surface area contributed by atoms with Crippen molar-refractivity contribution in [1.29, 1.82) is 0 Å². The lowest BCUT2D eigenvalue weighted by Gasteiger charge is -2.37. The molecule has 0 spiro atoms. The van der Waals surface area contributed by atoms with Gasteiger partial charge in [0.2, 0.25) is 0 Å². The van der Waals surface area contributed by atoms with Crippen LogP contribution in [-0.4, -0.2) is 73.0 Å². The number of ether oxygens (including phenoxy) is 3. The summed E-state index contributed by atoms with van der Waals surface area (Å²) in [6.07, 6.45) is 2.41. The Morgan fingerprint density at radius 2 is 1.64 bits per heavy atom. The molecule has 1 saturated heterocycles. The first-order chi connectivity index (χ1) is 13.4.